The first-order valence-electron chi connectivity index (χ1n) is 9.85. The van der Waals surface area contributed by atoms with Crippen molar-refractivity contribution in [1.82, 2.24) is 14.5 Å². The van der Waals surface area contributed by atoms with E-state index in [0.29, 0.717) is 5.01 Å². The smallest absolute Gasteiger partial charge is 0.434 e. The van der Waals surface area contributed by atoms with Crippen LogP contribution in [-0.4, -0.2) is 25.5 Å². The number of fused-ring (bicyclic) bond motifs is 3. The zero-order valence-corrected chi connectivity index (χ0v) is 18.2. The van der Waals surface area contributed by atoms with Crippen LogP contribution >= 0.6 is 11.3 Å². The van der Waals surface area contributed by atoms with Crippen LogP contribution in [-0.2, 0) is 11.8 Å². The fourth-order valence-corrected chi connectivity index (χ4v) is 5.15. The van der Waals surface area contributed by atoms with E-state index in [9.17, 15) is 23.1 Å². The van der Waals surface area contributed by atoms with Gasteiger partial charge in [-0.1, -0.05) is 6.07 Å². The molecule has 3 heterocycles. The lowest BCUT2D eigenvalue weighted by atomic mass is 10.0. The van der Waals surface area contributed by atoms with Gasteiger partial charge in [0.2, 0.25) is 0 Å². The molecule has 1 aliphatic carbocycles. The number of rotatable bonds is 3. The third-order valence-electron chi connectivity index (χ3n) is 5.91. The zero-order valence-electron chi connectivity index (χ0n) is 17.3. The minimum absolute atomic E-state index is 0.0664. The number of phenols is 1. The predicted molar refractivity (Wildman–Crippen MR) is 115 cm³/mol. The molecule has 5 N–H and O–H groups in total. The number of benzene rings is 1. The van der Waals surface area contributed by atoms with E-state index in [-0.39, 0.29) is 51.3 Å². The number of alkyl halides is 4. The molecular formula is C21H17F4N5O2S. The Morgan fingerprint density at radius 2 is 1.91 bits per heavy atom. The minimum atomic E-state index is -4.96. The number of aromatic hydroxyl groups is 1. The number of anilines is 1. The number of primary amides is 1. The Morgan fingerprint density at radius 3 is 2.48 bits per heavy atom. The number of nitrogens with two attached hydrogens (primary N) is 2. The Kier molecular flexibility index (Phi) is 4.26. The van der Waals surface area contributed by atoms with Crippen LogP contribution in [0.5, 0.6) is 5.75 Å². The van der Waals surface area contributed by atoms with Crippen LogP contribution < -0.4 is 11.5 Å². The monoisotopic (exact) mass is 479 g/mol. The first-order valence-corrected chi connectivity index (χ1v) is 10.7. The summed E-state index contributed by atoms with van der Waals surface area (Å²) < 4.78 is 59.0. The van der Waals surface area contributed by atoms with Crippen molar-refractivity contribution in [3.8, 4) is 11.4 Å². The second kappa shape index (κ2) is 6.56. The molecule has 0 aliphatic heterocycles. The molecule has 1 amide bonds. The normalized spacial score (nSPS) is 15.5. The van der Waals surface area contributed by atoms with Crippen molar-refractivity contribution in [1.29, 1.82) is 0 Å². The van der Waals surface area contributed by atoms with Gasteiger partial charge >= 0.3 is 6.18 Å². The Labute approximate surface area is 187 Å². The van der Waals surface area contributed by atoms with Crippen molar-refractivity contribution in [2.45, 2.75) is 38.5 Å². The maximum absolute atomic E-state index is 15.3. The number of nitrogens with zero attached hydrogens (tertiary/aromatic N) is 3. The van der Waals surface area contributed by atoms with Gasteiger partial charge in [-0.15, -0.1) is 11.3 Å². The van der Waals surface area contributed by atoms with Crippen molar-refractivity contribution >= 4 is 44.3 Å². The van der Waals surface area contributed by atoms with Gasteiger partial charge in [0.1, 0.15) is 17.2 Å². The second-order valence-electron chi connectivity index (χ2n) is 8.10. The fraction of sp³-hybridized carbons (Fsp3) is 0.286. The molecule has 1 fully saturated rings. The highest BCUT2D eigenvalue weighted by Gasteiger charge is 2.48. The molecule has 0 saturated heterocycles. The largest absolute Gasteiger partial charge is 0.508 e. The van der Waals surface area contributed by atoms with E-state index in [0.717, 1.165) is 11.3 Å². The molecule has 1 aromatic carbocycles. The zero-order chi connectivity index (χ0) is 24.0. The molecule has 0 spiro atoms. The van der Waals surface area contributed by atoms with Crippen molar-refractivity contribution in [3.63, 3.8) is 0 Å². The lowest BCUT2D eigenvalue weighted by molar-refractivity contribution is -0.139. The van der Waals surface area contributed by atoms with Crippen LogP contribution in [0.1, 0.15) is 45.0 Å². The van der Waals surface area contributed by atoms with Crippen molar-refractivity contribution in [2.24, 2.45) is 5.73 Å². The molecule has 0 atom stereocenters. The highest BCUT2D eigenvalue weighted by Crippen LogP contribution is 2.54. The van der Waals surface area contributed by atoms with Gasteiger partial charge in [-0.05, 0) is 32.8 Å². The van der Waals surface area contributed by atoms with Crippen LogP contribution in [0.4, 0.5) is 23.4 Å². The molecule has 3 aromatic heterocycles. The highest BCUT2D eigenvalue weighted by molar-refractivity contribution is 7.19. The number of aryl methyl sites for hydroxylation is 1. The standard InChI is InChI=1S/C21H17F4N5O2S/c1-7-10(31)4-3-9(20(22)5-6-20)13(7)30-14-11(12(17(30)26)18(27)32)16(21(23,24)25)29-19-15(14)33-8(2)28-19/h3-4,31H,5-6,26H2,1-2H3,(H2,27,32). The van der Waals surface area contributed by atoms with Crippen molar-refractivity contribution in [2.75, 3.05) is 5.73 Å². The SMILES string of the molecule is Cc1nc2nc(C(F)(F)F)c3c(C(N)=O)c(N)n(-c4c(C5(F)CC5)ccc(O)c4C)c3c2s1. The number of thiazole rings is 1. The molecule has 172 valence electrons. The van der Waals surface area contributed by atoms with Crippen LogP contribution in [0.15, 0.2) is 12.1 Å². The maximum Gasteiger partial charge on any atom is 0.434 e. The highest BCUT2D eigenvalue weighted by atomic mass is 32.1. The van der Waals surface area contributed by atoms with E-state index in [2.05, 4.69) is 9.97 Å². The Bertz CT molecular complexity index is 1500. The van der Waals surface area contributed by atoms with E-state index >= 15 is 4.39 Å². The summed E-state index contributed by atoms with van der Waals surface area (Å²) in [5, 5.41) is 10.2. The van der Waals surface area contributed by atoms with Gasteiger partial charge in [-0.2, -0.15) is 13.2 Å². The van der Waals surface area contributed by atoms with E-state index < -0.39 is 40.2 Å². The molecule has 1 saturated carbocycles. The molecule has 12 heteroatoms. The van der Waals surface area contributed by atoms with Gasteiger partial charge in [0.25, 0.3) is 5.91 Å². The number of aromatic nitrogens is 3. The number of nitrogen functional groups attached to an aromatic ring is 1. The van der Waals surface area contributed by atoms with Crippen LogP contribution in [0.3, 0.4) is 0 Å². The molecule has 0 unspecified atom stereocenters. The number of phenolic OH excluding ortho intramolecular Hbond substituents is 1. The van der Waals surface area contributed by atoms with Crippen LogP contribution in [0.25, 0.3) is 26.9 Å². The molecule has 1 aliphatic rings. The first-order chi connectivity index (χ1) is 15.3. The van der Waals surface area contributed by atoms with E-state index in [1.165, 1.54) is 23.6 Å². The average molecular weight is 479 g/mol. The molecule has 7 nitrogen and oxygen atoms in total. The topological polar surface area (TPSA) is 120 Å². The Hall–Kier alpha value is -3.41. The van der Waals surface area contributed by atoms with Crippen LogP contribution in [0.2, 0.25) is 0 Å². The summed E-state index contributed by atoms with van der Waals surface area (Å²) in [6, 6.07) is 2.70. The predicted octanol–water partition coefficient (Wildman–Crippen LogP) is 4.62. The van der Waals surface area contributed by atoms with Gasteiger partial charge in [0, 0.05) is 16.5 Å². The molecule has 4 aromatic rings. The number of hydrogen-bond donors (Lipinski definition) is 3. The van der Waals surface area contributed by atoms with Crippen molar-refractivity contribution < 1.29 is 27.5 Å². The van der Waals surface area contributed by atoms with Crippen molar-refractivity contribution in [3.05, 3.63) is 39.5 Å². The van der Waals surface area contributed by atoms with E-state index in [1.807, 2.05) is 0 Å². The number of amides is 1. The summed E-state index contributed by atoms with van der Waals surface area (Å²) in [6.07, 6.45) is -4.55. The van der Waals surface area contributed by atoms with Gasteiger partial charge in [-0.3, -0.25) is 9.36 Å². The summed E-state index contributed by atoms with van der Waals surface area (Å²) in [7, 11) is 0. The third-order valence-corrected chi connectivity index (χ3v) is 6.87. The maximum atomic E-state index is 15.3. The molecule has 5 rings (SSSR count). The minimum Gasteiger partial charge on any atom is -0.508 e. The summed E-state index contributed by atoms with van der Waals surface area (Å²) in [6.45, 7) is 3.10. The summed E-state index contributed by atoms with van der Waals surface area (Å²) >= 11 is 1.06. The fourth-order valence-electron chi connectivity index (χ4n) is 4.25. The Balaban J connectivity index is 2.09. The molecule has 33 heavy (non-hydrogen) atoms. The first kappa shape index (κ1) is 21.4. The lowest BCUT2D eigenvalue weighted by Crippen LogP contribution is -2.16. The average Bonchev–Trinajstić information content (AvgIpc) is 3.21. The molecular weight excluding hydrogens is 462 g/mol. The number of carbonyl (C=O) groups is 1. The summed E-state index contributed by atoms with van der Waals surface area (Å²) in [4.78, 5) is 20.1. The second-order valence-corrected chi connectivity index (χ2v) is 9.30. The quantitative estimate of drug-likeness (QED) is 0.371. The number of halogens is 4. The Morgan fingerprint density at radius 1 is 1.24 bits per heavy atom. The van der Waals surface area contributed by atoms with E-state index in [4.69, 9.17) is 11.5 Å². The lowest BCUT2D eigenvalue weighted by Gasteiger charge is -2.20. The van der Waals surface area contributed by atoms with Gasteiger partial charge in [0.15, 0.2) is 11.3 Å². The summed E-state index contributed by atoms with van der Waals surface area (Å²) in [5.74, 6) is -1.80. The van der Waals surface area contributed by atoms with Crippen LogP contribution in [0, 0.1) is 13.8 Å². The number of pyridine rings is 1. The summed E-state index contributed by atoms with van der Waals surface area (Å²) in [5.41, 5.74) is 8.18. The van der Waals surface area contributed by atoms with Gasteiger partial charge in [0.05, 0.1) is 26.5 Å². The number of carbonyl (C=O) groups excluding carboxylic acids is 1. The van der Waals surface area contributed by atoms with Gasteiger partial charge < -0.3 is 16.6 Å². The molecule has 0 bridgehead atoms. The molecule has 0 radical (unpaired) electrons. The third kappa shape index (κ3) is 2.96. The number of hydrogen-bond acceptors (Lipinski definition) is 6. The van der Waals surface area contributed by atoms with Gasteiger partial charge in [-0.25, -0.2) is 14.4 Å². The van der Waals surface area contributed by atoms with E-state index in [1.54, 1.807) is 6.92 Å².